The molecule has 0 saturated carbocycles. The maximum absolute atomic E-state index is 11.5. The number of fused-ring (bicyclic) bond motifs is 3. The van der Waals surface area contributed by atoms with Gasteiger partial charge in [-0.3, -0.25) is 5.10 Å². The van der Waals surface area contributed by atoms with E-state index in [1.165, 1.54) is 4.90 Å². The van der Waals surface area contributed by atoms with Gasteiger partial charge in [0.1, 0.15) is 24.5 Å². The van der Waals surface area contributed by atoms with Gasteiger partial charge in [0.05, 0.1) is 28.7 Å². The number of H-pyrrole nitrogens is 1. The molecule has 2 N–H and O–H groups in total. The van der Waals surface area contributed by atoms with Crippen LogP contribution in [0.2, 0.25) is 0 Å². The summed E-state index contributed by atoms with van der Waals surface area (Å²) in [5, 5.41) is 18.6. The van der Waals surface area contributed by atoms with Crippen LogP contribution in [0.3, 0.4) is 0 Å². The van der Waals surface area contributed by atoms with Gasteiger partial charge in [-0.05, 0) is 41.8 Å². The van der Waals surface area contributed by atoms with Crippen LogP contribution in [0.25, 0.3) is 32.9 Å². The number of hydrogen-bond donors (Lipinski definition) is 2. The zero-order valence-electron chi connectivity index (χ0n) is 16.9. The minimum absolute atomic E-state index is 0.0992. The average Bonchev–Trinajstić information content (AvgIpc) is 3.19. The van der Waals surface area contributed by atoms with E-state index in [1.54, 1.807) is 6.33 Å². The van der Waals surface area contributed by atoms with Crippen LogP contribution in [0.1, 0.15) is 5.56 Å². The number of anilines is 1. The van der Waals surface area contributed by atoms with Gasteiger partial charge in [-0.15, -0.1) is 0 Å². The first-order valence-corrected chi connectivity index (χ1v) is 10.2. The van der Waals surface area contributed by atoms with Gasteiger partial charge in [0.15, 0.2) is 0 Å². The molecule has 0 aliphatic carbocycles. The smallest absolute Gasteiger partial charge is 0.407 e. The molecule has 2 aliphatic heterocycles. The van der Waals surface area contributed by atoms with Gasteiger partial charge in [0, 0.05) is 25.0 Å². The molecule has 156 valence electrons. The molecule has 1 saturated heterocycles. The predicted molar refractivity (Wildman–Crippen MR) is 116 cm³/mol. The molecule has 1 fully saturated rings. The average molecular weight is 416 g/mol. The van der Waals surface area contributed by atoms with Crippen molar-refractivity contribution in [1.29, 1.82) is 0 Å². The lowest BCUT2D eigenvalue weighted by molar-refractivity contribution is 0.127. The first-order valence-electron chi connectivity index (χ1n) is 10.2. The van der Waals surface area contributed by atoms with Crippen molar-refractivity contribution in [3.63, 3.8) is 0 Å². The molecule has 0 unspecified atom stereocenters. The van der Waals surface area contributed by atoms with Gasteiger partial charge >= 0.3 is 6.09 Å². The second kappa shape index (κ2) is 6.56. The summed E-state index contributed by atoms with van der Waals surface area (Å²) >= 11 is 0. The summed E-state index contributed by atoms with van der Waals surface area (Å²) in [4.78, 5) is 24.2. The van der Waals surface area contributed by atoms with Gasteiger partial charge < -0.3 is 19.6 Å². The molecule has 1 amide bonds. The number of aromatic nitrogens is 4. The monoisotopic (exact) mass is 416 g/mol. The lowest BCUT2D eigenvalue weighted by atomic mass is 9.95. The van der Waals surface area contributed by atoms with E-state index in [0.29, 0.717) is 26.2 Å². The second-order valence-electron chi connectivity index (χ2n) is 8.04. The molecule has 2 aliphatic rings. The van der Waals surface area contributed by atoms with Crippen molar-refractivity contribution in [2.24, 2.45) is 0 Å². The van der Waals surface area contributed by atoms with Gasteiger partial charge in [-0.1, -0.05) is 6.07 Å². The van der Waals surface area contributed by atoms with Crippen molar-refractivity contribution in [2.75, 3.05) is 31.1 Å². The fourth-order valence-electron chi connectivity index (χ4n) is 4.76. The van der Waals surface area contributed by atoms with Crippen LogP contribution in [0.4, 0.5) is 10.6 Å². The molecule has 9 nitrogen and oxygen atoms in total. The van der Waals surface area contributed by atoms with Crippen molar-refractivity contribution in [3.05, 3.63) is 42.4 Å². The number of ether oxygens (including phenoxy) is 1. The molecule has 0 bridgehead atoms. The molecule has 4 aromatic rings. The van der Waals surface area contributed by atoms with Crippen molar-refractivity contribution in [3.8, 4) is 16.9 Å². The Kier molecular flexibility index (Phi) is 3.80. The Hall–Kier alpha value is -3.88. The van der Waals surface area contributed by atoms with Gasteiger partial charge in [0.2, 0.25) is 0 Å². The number of carboxylic acid groups (broad SMARTS) is 1. The summed E-state index contributed by atoms with van der Waals surface area (Å²) in [6, 6.07) is 8.11. The number of piperazine rings is 1. The number of carbonyl (C=O) groups is 1. The summed E-state index contributed by atoms with van der Waals surface area (Å²) in [5.41, 5.74) is 5.01. The Morgan fingerprint density at radius 1 is 1.26 bits per heavy atom. The van der Waals surface area contributed by atoms with Crippen molar-refractivity contribution >= 4 is 33.7 Å². The van der Waals surface area contributed by atoms with E-state index in [2.05, 4.69) is 44.1 Å². The summed E-state index contributed by atoms with van der Waals surface area (Å²) in [7, 11) is 0. The van der Waals surface area contributed by atoms with Crippen molar-refractivity contribution < 1.29 is 14.6 Å². The first kappa shape index (κ1) is 17.9. The van der Waals surface area contributed by atoms with Crippen LogP contribution < -0.4 is 9.64 Å². The molecule has 4 heterocycles. The zero-order chi connectivity index (χ0) is 21.1. The number of aromatic amines is 1. The number of rotatable bonds is 1. The normalized spacial score (nSPS) is 18.0. The van der Waals surface area contributed by atoms with Crippen molar-refractivity contribution in [1.82, 2.24) is 25.1 Å². The SMILES string of the molecule is Cc1ccc2[nH]ncc2c1-c1cc2c3c(ncnc3c1)N1CCN(C(=O)O)C[C@@H]1CO2. The molecule has 31 heavy (non-hydrogen) atoms. The minimum Gasteiger partial charge on any atom is -0.490 e. The number of hydrogen-bond acceptors (Lipinski definition) is 6. The van der Waals surface area contributed by atoms with E-state index in [1.807, 2.05) is 18.3 Å². The Morgan fingerprint density at radius 3 is 3.03 bits per heavy atom. The van der Waals surface area contributed by atoms with E-state index in [0.717, 1.165) is 50.1 Å². The second-order valence-corrected chi connectivity index (χ2v) is 8.04. The molecule has 9 heteroatoms. The first-order chi connectivity index (χ1) is 15.1. The highest BCUT2D eigenvalue weighted by Gasteiger charge is 2.34. The summed E-state index contributed by atoms with van der Waals surface area (Å²) < 4.78 is 6.25. The Labute approximate surface area is 177 Å². The van der Waals surface area contributed by atoms with Gasteiger partial charge in [-0.25, -0.2) is 14.8 Å². The molecule has 6 rings (SSSR count). The lowest BCUT2D eigenvalue weighted by Gasteiger charge is -2.39. The Morgan fingerprint density at radius 2 is 2.16 bits per heavy atom. The number of nitrogens with zero attached hydrogens (tertiary/aromatic N) is 5. The molecule has 2 aromatic carbocycles. The van der Waals surface area contributed by atoms with Gasteiger partial charge in [0.25, 0.3) is 0 Å². The van der Waals surface area contributed by atoms with Crippen LogP contribution in [-0.4, -0.2) is 68.5 Å². The quantitative estimate of drug-likeness (QED) is 0.491. The van der Waals surface area contributed by atoms with Crippen molar-refractivity contribution in [2.45, 2.75) is 13.0 Å². The van der Waals surface area contributed by atoms with Crippen LogP contribution in [0.5, 0.6) is 5.75 Å². The third kappa shape index (κ3) is 2.69. The number of aryl methyl sites for hydroxylation is 1. The third-order valence-electron chi connectivity index (χ3n) is 6.26. The van der Waals surface area contributed by atoms with E-state index in [9.17, 15) is 9.90 Å². The zero-order valence-corrected chi connectivity index (χ0v) is 16.9. The molecule has 0 spiro atoms. The Bertz CT molecular complexity index is 1350. The number of amides is 1. The van der Waals surface area contributed by atoms with E-state index in [4.69, 9.17) is 4.74 Å². The highest BCUT2D eigenvalue weighted by molar-refractivity contribution is 6.02. The topological polar surface area (TPSA) is 107 Å². The third-order valence-corrected chi connectivity index (χ3v) is 6.26. The summed E-state index contributed by atoms with van der Waals surface area (Å²) in [6.07, 6.45) is 2.51. The summed E-state index contributed by atoms with van der Waals surface area (Å²) in [6.45, 7) is 3.85. The lowest BCUT2D eigenvalue weighted by Crippen LogP contribution is -2.56. The maximum atomic E-state index is 11.5. The Balaban J connectivity index is 1.52. The fourth-order valence-corrected chi connectivity index (χ4v) is 4.76. The molecular formula is C22H20N6O3. The van der Waals surface area contributed by atoms with Crippen LogP contribution >= 0.6 is 0 Å². The van der Waals surface area contributed by atoms with Crippen LogP contribution in [0, 0.1) is 6.92 Å². The molecule has 1 atom stereocenters. The molecular weight excluding hydrogens is 396 g/mol. The molecule has 2 aromatic heterocycles. The summed E-state index contributed by atoms with van der Waals surface area (Å²) in [5.74, 6) is 1.52. The van der Waals surface area contributed by atoms with E-state index >= 15 is 0 Å². The largest absolute Gasteiger partial charge is 0.490 e. The van der Waals surface area contributed by atoms with Crippen LogP contribution in [0.15, 0.2) is 36.8 Å². The van der Waals surface area contributed by atoms with Crippen LogP contribution in [-0.2, 0) is 0 Å². The predicted octanol–water partition coefficient (Wildman–Crippen LogP) is 3.04. The van der Waals surface area contributed by atoms with E-state index in [-0.39, 0.29) is 6.04 Å². The number of benzene rings is 2. The minimum atomic E-state index is -0.903. The maximum Gasteiger partial charge on any atom is 0.407 e. The molecule has 0 radical (unpaired) electrons. The van der Waals surface area contributed by atoms with E-state index < -0.39 is 6.09 Å². The fraction of sp³-hybridized carbons (Fsp3) is 0.273. The highest BCUT2D eigenvalue weighted by atomic mass is 16.5. The standard InChI is InChI=1S/C22H20N6O3/c1-12-2-3-16-15(8-25-26-16)19(12)13-6-17-20-18(7-13)31-10-14-9-27(22(29)30)4-5-28(14)21(20)24-11-23-17/h2-3,6-8,11,14H,4-5,9-10H2,1H3,(H,25,26)(H,29,30)/t14-/m1/s1. The number of nitrogens with one attached hydrogen (secondary N) is 1. The highest BCUT2D eigenvalue weighted by Crippen LogP contribution is 2.41. The van der Waals surface area contributed by atoms with Gasteiger partial charge in [-0.2, -0.15) is 5.10 Å².